The van der Waals surface area contributed by atoms with Crippen molar-refractivity contribution in [3.05, 3.63) is 40.9 Å². The Morgan fingerprint density at radius 3 is 2.64 bits per heavy atom. The van der Waals surface area contributed by atoms with Crippen molar-refractivity contribution in [2.45, 2.75) is 57.0 Å². The number of likely N-dealkylation sites (tertiary alicyclic amines) is 1. The van der Waals surface area contributed by atoms with Crippen molar-refractivity contribution in [2.24, 2.45) is 5.73 Å². The zero-order valence-corrected chi connectivity index (χ0v) is 15.7. The molecule has 1 amide bonds. The first-order valence-electron chi connectivity index (χ1n) is 9.12. The second-order valence-electron chi connectivity index (χ2n) is 7.77. The van der Waals surface area contributed by atoms with Gasteiger partial charge in [0.1, 0.15) is 10.7 Å². The second kappa shape index (κ2) is 6.22. The first-order valence-corrected chi connectivity index (χ1v) is 10.00. The van der Waals surface area contributed by atoms with Gasteiger partial charge >= 0.3 is 0 Å². The van der Waals surface area contributed by atoms with Crippen LogP contribution in [0.15, 0.2) is 29.6 Å². The summed E-state index contributed by atoms with van der Waals surface area (Å²) in [6.07, 6.45) is 4.30. The minimum atomic E-state index is 0.0131. The molecule has 1 atom stereocenters. The Morgan fingerprint density at radius 1 is 1.32 bits per heavy atom. The summed E-state index contributed by atoms with van der Waals surface area (Å²) >= 11 is 1.54. The van der Waals surface area contributed by atoms with Crippen LogP contribution in [-0.2, 0) is 0 Å². The van der Waals surface area contributed by atoms with E-state index in [4.69, 9.17) is 5.73 Å². The first-order chi connectivity index (χ1) is 12.0. The quantitative estimate of drug-likeness (QED) is 0.904. The molecule has 2 fully saturated rings. The van der Waals surface area contributed by atoms with Crippen LogP contribution in [-0.4, -0.2) is 33.9 Å². The summed E-state index contributed by atoms with van der Waals surface area (Å²) in [4.78, 5) is 19.6. The topological polar surface area (TPSA) is 59.2 Å². The first kappa shape index (κ1) is 16.7. The molecular weight excluding hydrogens is 330 g/mol. The van der Waals surface area contributed by atoms with Gasteiger partial charge in [0.25, 0.3) is 5.91 Å². The number of rotatable bonds is 3. The van der Waals surface area contributed by atoms with Crippen LogP contribution in [0.1, 0.15) is 61.5 Å². The lowest BCUT2D eigenvalue weighted by atomic mass is 9.74. The number of carbonyl (C=O) groups is 1. The fraction of sp³-hybridized carbons (Fsp3) is 0.500. The molecule has 4 nitrogen and oxygen atoms in total. The molecule has 132 valence electrons. The molecule has 1 aromatic heterocycles. The van der Waals surface area contributed by atoms with Crippen molar-refractivity contribution in [1.82, 2.24) is 9.88 Å². The predicted molar refractivity (Wildman–Crippen MR) is 102 cm³/mol. The highest BCUT2D eigenvalue weighted by atomic mass is 32.1. The summed E-state index contributed by atoms with van der Waals surface area (Å²) in [7, 11) is 0. The molecular formula is C20H25N3OS. The lowest BCUT2D eigenvalue weighted by Gasteiger charge is -2.45. The summed E-state index contributed by atoms with van der Waals surface area (Å²) < 4.78 is 0. The van der Waals surface area contributed by atoms with Crippen LogP contribution in [0.5, 0.6) is 0 Å². The molecule has 1 spiro atoms. The van der Waals surface area contributed by atoms with Crippen LogP contribution < -0.4 is 5.73 Å². The predicted octanol–water partition coefficient (Wildman–Crippen LogP) is 4.03. The number of hydrogen-bond donors (Lipinski definition) is 1. The molecule has 2 aromatic rings. The molecule has 5 heteroatoms. The lowest BCUT2D eigenvalue weighted by molar-refractivity contribution is 0.0362. The highest BCUT2D eigenvalue weighted by molar-refractivity contribution is 7.13. The standard InChI is InChI=1S/C20H25N3OS/c1-13(2)14-4-6-15(7-5-14)18-22-17(12-25-18)19(24)23-11-16(21)10-20(23)8-3-9-20/h4-7,12-13,16H,3,8-11,21H2,1-2H3. The van der Waals surface area contributed by atoms with Gasteiger partial charge in [-0.25, -0.2) is 4.98 Å². The molecule has 1 aliphatic carbocycles. The minimum Gasteiger partial charge on any atom is -0.330 e. The maximum absolute atomic E-state index is 13.0. The van der Waals surface area contributed by atoms with E-state index in [1.165, 1.54) is 12.0 Å². The molecule has 1 saturated heterocycles. The van der Waals surface area contributed by atoms with Crippen molar-refractivity contribution >= 4 is 17.2 Å². The van der Waals surface area contributed by atoms with E-state index < -0.39 is 0 Å². The Morgan fingerprint density at radius 2 is 2.04 bits per heavy atom. The number of carbonyl (C=O) groups excluding carboxylic acids is 1. The zero-order valence-electron chi connectivity index (χ0n) is 14.9. The number of benzene rings is 1. The maximum atomic E-state index is 13.0. The largest absolute Gasteiger partial charge is 0.330 e. The number of nitrogens with two attached hydrogens (primary N) is 1. The van der Waals surface area contributed by atoms with E-state index in [1.54, 1.807) is 11.3 Å². The number of aromatic nitrogens is 1. The molecule has 0 bridgehead atoms. The summed E-state index contributed by atoms with van der Waals surface area (Å²) in [6, 6.07) is 8.59. The van der Waals surface area contributed by atoms with Gasteiger partial charge in [-0.2, -0.15) is 0 Å². The summed E-state index contributed by atoms with van der Waals surface area (Å²) in [5, 5.41) is 2.80. The Labute approximate surface area is 153 Å². The van der Waals surface area contributed by atoms with Crippen molar-refractivity contribution in [1.29, 1.82) is 0 Å². The van der Waals surface area contributed by atoms with Gasteiger partial charge in [0.2, 0.25) is 0 Å². The third-order valence-electron chi connectivity index (χ3n) is 5.71. The van der Waals surface area contributed by atoms with Gasteiger partial charge in [-0.15, -0.1) is 11.3 Å². The highest BCUT2D eigenvalue weighted by Gasteiger charge is 2.50. The van der Waals surface area contributed by atoms with Gasteiger partial charge in [-0.3, -0.25) is 4.79 Å². The fourth-order valence-electron chi connectivity index (χ4n) is 4.10. The number of nitrogens with zero attached hydrogens (tertiary/aromatic N) is 2. The van der Waals surface area contributed by atoms with E-state index >= 15 is 0 Å². The average Bonchev–Trinajstić information content (AvgIpc) is 3.18. The van der Waals surface area contributed by atoms with Crippen molar-refractivity contribution in [3.8, 4) is 10.6 Å². The van der Waals surface area contributed by atoms with Crippen molar-refractivity contribution in [2.75, 3.05) is 6.54 Å². The Kier molecular flexibility index (Phi) is 4.16. The van der Waals surface area contributed by atoms with Gasteiger partial charge in [-0.05, 0) is 37.2 Å². The van der Waals surface area contributed by atoms with Crippen LogP contribution in [0.4, 0.5) is 0 Å². The molecule has 2 aliphatic rings. The Bertz CT molecular complexity index is 776. The average molecular weight is 356 g/mol. The van der Waals surface area contributed by atoms with Crippen LogP contribution in [0, 0.1) is 0 Å². The Balaban J connectivity index is 1.55. The number of thiazole rings is 1. The van der Waals surface area contributed by atoms with E-state index in [0.29, 0.717) is 18.2 Å². The SMILES string of the molecule is CC(C)c1ccc(-c2nc(C(=O)N3CC(N)CC34CCC4)cs2)cc1. The second-order valence-corrected chi connectivity index (χ2v) is 8.63. The molecule has 1 unspecified atom stereocenters. The molecule has 1 aliphatic heterocycles. The van der Waals surface area contributed by atoms with E-state index in [0.717, 1.165) is 29.8 Å². The number of hydrogen-bond acceptors (Lipinski definition) is 4. The van der Waals surface area contributed by atoms with E-state index in [-0.39, 0.29) is 17.5 Å². The Hall–Kier alpha value is -1.72. The molecule has 2 N–H and O–H groups in total. The highest BCUT2D eigenvalue weighted by Crippen LogP contribution is 2.45. The molecule has 2 heterocycles. The smallest absolute Gasteiger partial charge is 0.273 e. The monoisotopic (exact) mass is 355 g/mol. The molecule has 0 radical (unpaired) electrons. The zero-order chi connectivity index (χ0) is 17.6. The number of amides is 1. The summed E-state index contributed by atoms with van der Waals surface area (Å²) in [5.41, 5.74) is 9.11. The van der Waals surface area contributed by atoms with E-state index in [9.17, 15) is 4.79 Å². The van der Waals surface area contributed by atoms with Crippen molar-refractivity contribution in [3.63, 3.8) is 0 Å². The third-order valence-corrected chi connectivity index (χ3v) is 6.60. The van der Waals surface area contributed by atoms with Gasteiger partial charge in [0.15, 0.2) is 0 Å². The lowest BCUT2D eigenvalue weighted by Crippen LogP contribution is -2.52. The molecule has 1 saturated carbocycles. The minimum absolute atomic E-state index is 0.0131. The van der Waals surface area contributed by atoms with E-state index in [2.05, 4.69) is 43.1 Å². The van der Waals surface area contributed by atoms with Gasteiger partial charge < -0.3 is 10.6 Å². The third kappa shape index (κ3) is 2.89. The van der Waals surface area contributed by atoms with Gasteiger partial charge in [0.05, 0.1) is 0 Å². The molecule has 4 rings (SSSR count). The fourth-order valence-corrected chi connectivity index (χ4v) is 4.90. The molecule has 25 heavy (non-hydrogen) atoms. The maximum Gasteiger partial charge on any atom is 0.273 e. The van der Waals surface area contributed by atoms with Crippen LogP contribution in [0.3, 0.4) is 0 Å². The summed E-state index contributed by atoms with van der Waals surface area (Å²) in [6.45, 7) is 5.03. The van der Waals surface area contributed by atoms with Crippen molar-refractivity contribution < 1.29 is 4.79 Å². The van der Waals surface area contributed by atoms with Crippen LogP contribution in [0.2, 0.25) is 0 Å². The van der Waals surface area contributed by atoms with Crippen LogP contribution >= 0.6 is 11.3 Å². The van der Waals surface area contributed by atoms with E-state index in [1.807, 2.05) is 10.3 Å². The van der Waals surface area contributed by atoms with Crippen LogP contribution in [0.25, 0.3) is 10.6 Å². The normalized spacial score (nSPS) is 21.8. The van der Waals surface area contributed by atoms with Gasteiger partial charge in [-0.1, -0.05) is 38.1 Å². The molecule has 1 aromatic carbocycles. The summed E-state index contributed by atoms with van der Waals surface area (Å²) in [5.74, 6) is 0.564. The van der Waals surface area contributed by atoms with Gasteiger partial charge in [0, 0.05) is 29.1 Å².